The van der Waals surface area contributed by atoms with Crippen molar-refractivity contribution in [2.24, 2.45) is 11.8 Å². The Kier molecular flexibility index (Phi) is 7.85. The Morgan fingerprint density at radius 3 is 2.28 bits per heavy atom. The first kappa shape index (κ1) is 22.9. The number of anilines is 2. The van der Waals surface area contributed by atoms with Crippen molar-refractivity contribution in [3.8, 4) is 0 Å². The van der Waals surface area contributed by atoms with E-state index in [4.69, 9.17) is 0 Å². The van der Waals surface area contributed by atoms with E-state index in [9.17, 15) is 9.59 Å². The van der Waals surface area contributed by atoms with Gasteiger partial charge in [-0.05, 0) is 48.1 Å². The average Bonchev–Trinajstić information content (AvgIpc) is 3.19. The lowest BCUT2D eigenvalue weighted by atomic mass is 10.0. The van der Waals surface area contributed by atoms with Gasteiger partial charge in [-0.25, -0.2) is 0 Å². The number of nitrogens with one attached hydrogen (secondary N) is 1. The fraction of sp³-hybridized carbons (Fsp3) is 0.478. The minimum absolute atomic E-state index is 0.0179. The van der Waals surface area contributed by atoms with Crippen LogP contribution in [0.3, 0.4) is 0 Å². The maximum absolute atomic E-state index is 13.2. The second-order valence-corrected chi connectivity index (χ2v) is 9.22. The van der Waals surface area contributed by atoms with Crippen molar-refractivity contribution in [3.05, 3.63) is 46.2 Å². The molecule has 0 radical (unpaired) electrons. The van der Waals surface area contributed by atoms with Crippen LogP contribution >= 0.6 is 11.3 Å². The standard InChI is InChI=1S/C23H33N3O2S/c1-15(2)17(5)26(23(28)21-9-8-12-29-21)14-18-13-19(24-22(27)16(3)4)10-11-20(18)25(6)7/h8-13,15-17H,14H2,1-7H3,(H,24,27)/t17-/m1/s1. The van der Waals surface area contributed by atoms with Gasteiger partial charge in [-0.2, -0.15) is 0 Å². The minimum Gasteiger partial charge on any atom is -0.377 e. The van der Waals surface area contributed by atoms with Crippen LogP contribution in [0.1, 0.15) is 49.9 Å². The van der Waals surface area contributed by atoms with Gasteiger partial charge in [0.05, 0.1) is 4.88 Å². The Balaban J connectivity index is 2.41. The summed E-state index contributed by atoms with van der Waals surface area (Å²) in [5.74, 6) is 0.258. The topological polar surface area (TPSA) is 52.7 Å². The molecule has 29 heavy (non-hydrogen) atoms. The van der Waals surface area contributed by atoms with Crippen molar-refractivity contribution in [2.75, 3.05) is 24.3 Å². The SMILES string of the molecule is CC(C)C(=O)Nc1ccc(N(C)C)c(CN(C(=O)c2cccs2)[C@H](C)C(C)C)c1. The fourth-order valence-corrected chi connectivity index (χ4v) is 3.68. The van der Waals surface area contributed by atoms with Crippen molar-refractivity contribution in [2.45, 2.75) is 47.2 Å². The van der Waals surface area contributed by atoms with E-state index < -0.39 is 0 Å². The first-order valence-corrected chi connectivity index (χ1v) is 10.9. The largest absolute Gasteiger partial charge is 0.377 e. The number of hydrogen-bond donors (Lipinski definition) is 1. The molecule has 0 spiro atoms. The quantitative estimate of drug-likeness (QED) is 0.653. The molecule has 1 N–H and O–H groups in total. The Morgan fingerprint density at radius 2 is 1.76 bits per heavy atom. The van der Waals surface area contributed by atoms with Crippen molar-refractivity contribution in [1.29, 1.82) is 0 Å². The molecular formula is C23H33N3O2S. The molecule has 1 heterocycles. The lowest BCUT2D eigenvalue weighted by molar-refractivity contribution is -0.118. The summed E-state index contributed by atoms with van der Waals surface area (Å²) in [6.45, 7) is 10.6. The molecule has 2 aromatic rings. The van der Waals surface area contributed by atoms with Gasteiger partial charge in [0, 0.05) is 44.0 Å². The molecular weight excluding hydrogens is 382 g/mol. The summed E-state index contributed by atoms with van der Waals surface area (Å²) in [7, 11) is 3.98. The molecule has 0 bridgehead atoms. The molecule has 2 amide bonds. The van der Waals surface area contributed by atoms with Gasteiger partial charge in [0.15, 0.2) is 0 Å². The van der Waals surface area contributed by atoms with Crippen LogP contribution in [0.4, 0.5) is 11.4 Å². The number of carbonyl (C=O) groups excluding carboxylic acids is 2. The molecule has 1 atom stereocenters. The van der Waals surface area contributed by atoms with E-state index in [-0.39, 0.29) is 23.8 Å². The summed E-state index contributed by atoms with van der Waals surface area (Å²) in [4.78, 5) is 30.1. The van der Waals surface area contributed by atoms with E-state index in [1.54, 1.807) is 0 Å². The average molecular weight is 416 g/mol. The van der Waals surface area contributed by atoms with E-state index in [2.05, 4.69) is 26.1 Å². The highest BCUT2D eigenvalue weighted by molar-refractivity contribution is 7.12. The number of thiophene rings is 1. The van der Waals surface area contributed by atoms with Crippen LogP contribution in [-0.4, -0.2) is 36.9 Å². The molecule has 158 valence electrons. The zero-order valence-corrected chi connectivity index (χ0v) is 19.3. The van der Waals surface area contributed by atoms with E-state index in [1.165, 1.54) is 11.3 Å². The predicted octanol–water partition coefficient (Wildman–Crippen LogP) is 5.10. The highest BCUT2D eigenvalue weighted by Gasteiger charge is 2.26. The number of carbonyl (C=O) groups is 2. The van der Waals surface area contributed by atoms with Gasteiger partial charge >= 0.3 is 0 Å². The van der Waals surface area contributed by atoms with Crippen molar-refractivity contribution < 1.29 is 9.59 Å². The monoisotopic (exact) mass is 415 g/mol. The molecule has 0 aliphatic heterocycles. The van der Waals surface area contributed by atoms with E-state index in [0.717, 1.165) is 21.8 Å². The Hall–Kier alpha value is -2.34. The minimum atomic E-state index is -0.0927. The van der Waals surface area contributed by atoms with Crippen LogP contribution in [0.5, 0.6) is 0 Å². The van der Waals surface area contributed by atoms with Crippen LogP contribution in [-0.2, 0) is 11.3 Å². The smallest absolute Gasteiger partial charge is 0.264 e. The van der Waals surface area contributed by atoms with Crippen LogP contribution in [0.2, 0.25) is 0 Å². The third-order valence-corrected chi connectivity index (χ3v) is 6.00. The maximum atomic E-state index is 13.2. The highest BCUT2D eigenvalue weighted by atomic mass is 32.1. The van der Waals surface area contributed by atoms with Crippen LogP contribution in [0, 0.1) is 11.8 Å². The van der Waals surface area contributed by atoms with E-state index in [1.807, 2.05) is 73.5 Å². The summed E-state index contributed by atoms with van der Waals surface area (Å²) in [5.41, 5.74) is 2.80. The lowest BCUT2D eigenvalue weighted by Gasteiger charge is -2.33. The second-order valence-electron chi connectivity index (χ2n) is 8.28. The molecule has 6 heteroatoms. The number of amides is 2. The fourth-order valence-electron chi connectivity index (χ4n) is 3.00. The zero-order chi connectivity index (χ0) is 21.7. The zero-order valence-electron chi connectivity index (χ0n) is 18.5. The molecule has 0 saturated heterocycles. The van der Waals surface area contributed by atoms with Crippen LogP contribution < -0.4 is 10.2 Å². The Bertz CT molecular complexity index is 829. The Morgan fingerprint density at radius 1 is 1.07 bits per heavy atom. The number of benzene rings is 1. The summed E-state index contributed by atoms with van der Waals surface area (Å²) in [6.07, 6.45) is 0. The normalized spacial score (nSPS) is 12.2. The van der Waals surface area contributed by atoms with Gasteiger partial charge in [-0.1, -0.05) is 33.8 Å². The Labute approximate surface area is 178 Å². The number of rotatable bonds is 8. The summed E-state index contributed by atoms with van der Waals surface area (Å²) in [5, 5.41) is 4.90. The molecule has 2 rings (SSSR count). The van der Waals surface area contributed by atoms with Gasteiger partial charge in [0.25, 0.3) is 5.91 Å². The van der Waals surface area contributed by atoms with Crippen LogP contribution in [0.25, 0.3) is 0 Å². The van der Waals surface area contributed by atoms with Gasteiger partial charge in [-0.3, -0.25) is 9.59 Å². The molecule has 1 aromatic heterocycles. The molecule has 0 fully saturated rings. The first-order valence-electron chi connectivity index (χ1n) is 10.1. The molecule has 0 aliphatic rings. The number of hydrogen-bond acceptors (Lipinski definition) is 4. The van der Waals surface area contributed by atoms with E-state index in [0.29, 0.717) is 12.5 Å². The van der Waals surface area contributed by atoms with Gasteiger partial charge in [0.2, 0.25) is 5.91 Å². The summed E-state index contributed by atoms with van der Waals surface area (Å²) in [6, 6.07) is 9.75. The molecule has 0 unspecified atom stereocenters. The first-order chi connectivity index (χ1) is 13.6. The third-order valence-electron chi connectivity index (χ3n) is 5.14. The molecule has 0 aliphatic carbocycles. The van der Waals surface area contributed by atoms with Gasteiger partial charge in [-0.15, -0.1) is 11.3 Å². The second kappa shape index (κ2) is 9.92. The molecule has 5 nitrogen and oxygen atoms in total. The van der Waals surface area contributed by atoms with E-state index >= 15 is 0 Å². The van der Waals surface area contributed by atoms with Gasteiger partial charge in [0.1, 0.15) is 0 Å². The lowest BCUT2D eigenvalue weighted by Crippen LogP contribution is -2.41. The van der Waals surface area contributed by atoms with Crippen molar-refractivity contribution in [3.63, 3.8) is 0 Å². The molecule has 0 saturated carbocycles. The summed E-state index contributed by atoms with van der Waals surface area (Å²) < 4.78 is 0. The van der Waals surface area contributed by atoms with Crippen molar-refractivity contribution in [1.82, 2.24) is 4.90 Å². The van der Waals surface area contributed by atoms with Crippen LogP contribution in [0.15, 0.2) is 35.7 Å². The maximum Gasteiger partial charge on any atom is 0.264 e. The third kappa shape index (κ3) is 5.82. The predicted molar refractivity (Wildman–Crippen MR) is 123 cm³/mol. The highest BCUT2D eigenvalue weighted by Crippen LogP contribution is 2.28. The summed E-state index contributed by atoms with van der Waals surface area (Å²) >= 11 is 1.47. The van der Waals surface area contributed by atoms with Gasteiger partial charge < -0.3 is 15.1 Å². The number of nitrogens with zero attached hydrogens (tertiary/aromatic N) is 2. The van der Waals surface area contributed by atoms with Crippen molar-refractivity contribution >= 4 is 34.5 Å². The molecule has 1 aromatic carbocycles.